The van der Waals surface area contributed by atoms with Crippen molar-refractivity contribution in [2.75, 3.05) is 18.4 Å². The Balaban J connectivity index is 2.80. The Morgan fingerprint density at radius 2 is 2.00 bits per heavy atom. The molecule has 0 atom stereocenters. The number of hydrogen-bond donors (Lipinski definition) is 2. The summed E-state index contributed by atoms with van der Waals surface area (Å²) in [6.45, 7) is 7.17. The van der Waals surface area contributed by atoms with Crippen LogP contribution in [-0.4, -0.2) is 35.8 Å². The molecule has 21 heavy (non-hydrogen) atoms. The molecule has 2 amide bonds. The lowest BCUT2D eigenvalue weighted by molar-refractivity contribution is -0.121. The van der Waals surface area contributed by atoms with Gasteiger partial charge in [-0.15, -0.1) is 0 Å². The van der Waals surface area contributed by atoms with Crippen molar-refractivity contribution in [2.45, 2.75) is 33.7 Å². The maximum atomic E-state index is 12.0. The number of hydrogen-bond acceptors (Lipinski definition) is 5. The standard InChI is InChI=1S/C14H20N4O3/c1-8(2)18(6-12(16)19)7-13(20)17-14-11(5-15)9(3)10(4)21-14/h8H,6-7H2,1-4H3,(H2,16,19)(H,17,20). The number of aryl methyl sites for hydroxylation is 1. The van der Waals surface area contributed by atoms with Crippen LogP contribution in [0.1, 0.15) is 30.7 Å². The van der Waals surface area contributed by atoms with E-state index < -0.39 is 5.91 Å². The van der Waals surface area contributed by atoms with Gasteiger partial charge in [0.2, 0.25) is 17.7 Å². The van der Waals surface area contributed by atoms with E-state index in [1.54, 1.807) is 18.7 Å². The highest BCUT2D eigenvalue weighted by Crippen LogP contribution is 2.25. The van der Waals surface area contributed by atoms with Gasteiger partial charge in [-0.05, 0) is 27.7 Å². The van der Waals surface area contributed by atoms with Crippen LogP contribution in [0, 0.1) is 25.2 Å². The van der Waals surface area contributed by atoms with Gasteiger partial charge in [-0.1, -0.05) is 0 Å². The van der Waals surface area contributed by atoms with Crippen LogP contribution in [0.4, 0.5) is 5.88 Å². The molecule has 0 aliphatic rings. The molecule has 0 aliphatic heterocycles. The van der Waals surface area contributed by atoms with Crippen LogP contribution in [0.3, 0.4) is 0 Å². The number of furan rings is 1. The minimum Gasteiger partial charge on any atom is -0.444 e. The normalized spacial score (nSPS) is 10.7. The molecule has 1 heterocycles. The molecule has 0 aromatic carbocycles. The number of carbonyl (C=O) groups is 2. The van der Waals surface area contributed by atoms with E-state index in [0.717, 1.165) is 0 Å². The zero-order chi connectivity index (χ0) is 16.2. The third-order valence-corrected chi connectivity index (χ3v) is 3.19. The topological polar surface area (TPSA) is 112 Å². The highest BCUT2D eigenvalue weighted by atomic mass is 16.4. The molecule has 0 spiro atoms. The lowest BCUT2D eigenvalue weighted by Gasteiger charge is -2.23. The number of nitrogens with two attached hydrogens (primary N) is 1. The lowest BCUT2D eigenvalue weighted by atomic mass is 10.2. The first-order valence-electron chi connectivity index (χ1n) is 6.58. The zero-order valence-electron chi connectivity index (χ0n) is 12.7. The second kappa shape index (κ2) is 6.90. The number of primary amides is 1. The van der Waals surface area contributed by atoms with E-state index in [4.69, 9.17) is 15.4 Å². The number of amides is 2. The van der Waals surface area contributed by atoms with Gasteiger partial charge in [0.15, 0.2) is 0 Å². The lowest BCUT2D eigenvalue weighted by Crippen LogP contribution is -2.43. The Morgan fingerprint density at radius 1 is 1.38 bits per heavy atom. The Kier molecular flexibility index (Phi) is 5.50. The van der Waals surface area contributed by atoms with E-state index in [2.05, 4.69) is 5.32 Å². The van der Waals surface area contributed by atoms with Crippen LogP contribution >= 0.6 is 0 Å². The van der Waals surface area contributed by atoms with Gasteiger partial charge in [-0.25, -0.2) is 0 Å². The minimum atomic E-state index is -0.501. The van der Waals surface area contributed by atoms with Crippen molar-refractivity contribution in [2.24, 2.45) is 5.73 Å². The first-order chi connectivity index (χ1) is 9.76. The molecule has 0 unspecified atom stereocenters. The minimum absolute atomic E-state index is 0.00754. The predicted octanol–water partition coefficient (Wildman–Crippen LogP) is 0.902. The summed E-state index contributed by atoms with van der Waals surface area (Å²) in [6, 6.07) is 1.99. The van der Waals surface area contributed by atoms with Gasteiger partial charge < -0.3 is 10.2 Å². The summed E-state index contributed by atoms with van der Waals surface area (Å²) in [4.78, 5) is 24.6. The quantitative estimate of drug-likeness (QED) is 0.809. The number of rotatable bonds is 6. The Labute approximate surface area is 123 Å². The van der Waals surface area contributed by atoms with Crippen LogP contribution in [0.15, 0.2) is 4.42 Å². The summed E-state index contributed by atoms with van der Waals surface area (Å²) in [5.41, 5.74) is 6.17. The summed E-state index contributed by atoms with van der Waals surface area (Å²) >= 11 is 0. The molecule has 0 saturated carbocycles. The fourth-order valence-electron chi connectivity index (χ4n) is 1.82. The average molecular weight is 292 g/mol. The number of nitriles is 1. The number of nitrogens with zero attached hydrogens (tertiary/aromatic N) is 2. The Morgan fingerprint density at radius 3 is 2.48 bits per heavy atom. The molecule has 1 aromatic rings. The van der Waals surface area contributed by atoms with Crippen molar-refractivity contribution >= 4 is 17.7 Å². The maximum Gasteiger partial charge on any atom is 0.240 e. The van der Waals surface area contributed by atoms with Gasteiger partial charge in [-0.3, -0.25) is 19.8 Å². The van der Waals surface area contributed by atoms with Crippen molar-refractivity contribution in [1.29, 1.82) is 5.26 Å². The monoisotopic (exact) mass is 292 g/mol. The SMILES string of the molecule is Cc1oc(NC(=O)CN(CC(N)=O)C(C)C)c(C#N)c1C. The Hall–Kier alpha value is -2.33. The maximum absolute atomic E-state index is 12.0. The van der Waals surface area contributed by atoms with E-state index in [0.29, 0.717) is 16.9 Å². The largest absolute Gasteiger partial charge is 0.444 e. The number of nitrogens with one attached hydrogen (secondary N) is 1. The highest BCUT2D eigenvalue weighted by molar-refractivity contribution is 5.92. The molecular weight excluding hydrogens is 272 g/mol. The molecule has 1 aromatic heterocycles. The molecule has 0 saturated heterocycles. The summed E-state index contributed by atoms with van der Waals surface area (Å²) in [5, 5.41) is 11.6. The van der Waals surface area contributed by atoms with Gasteiger partial charge in [-0.2, -0.15) is 5.26 Å². The van der Waals surface area contributed by atoms with E-state index in [-0.39, 0.29) is 30.9 Å². The summed E-state index contributed by atoms with van der Waals surface area (Å²) in [6.07, 6.45) is 0. The smallest absolute Gasteiger partial charge is 0.240 e. The average Bonchev–Trinajstić information content (AvgIpc) is 2.62. The first kappa shape index (κ1) is 16.7. The zero-order valence-corrected chi connectivity index (χ0v) is 12.7. The molecule has 0 radical (unpaired) electrons. The van der Waals surface area contributed by atoms with Crippen LogP contribution < -0.4 is 11.1 Å². The molecule has 7 heteroatoms. The van der Waals surface area contributed by atoms with Gasteiger partial charge in [0, 0.05) is 11.6 Å². The van der Waals surface area contributed by atoms with E-state index in [1.165, 1.54) is 0 Å². The van der Waals surface area contributed by atoms with Crippen molar-refractivity contribution in [3.63, 3.8) is 0 Å². The van der Waals surface area contributed by atoms with E-state index in [1.807, 2.05) is 19.9 Å². The van der Waals surface area contributed by atoms with Crippen LogP contribution in [0.5, 0.6) is 0 Å². The van der Waals surface area contributed by atoms with Gasteiger partial charge in [0.1, 0.15) is 17.4 Å². The van der Waals surface area contributed by atoms with Crippen molar-refractivity contribution < 1.29 is 14.0 Å². The molecule has 114 valence electrons. The van der Waals surface area contributed by atoms with E-state index >= 15 is 0 Å². The van der Waals surface area contributed by atoms with Crippen molar-refractivity contribution in [1.82, 2.24) is 4.90 Å². The summed E-state index contributed by atoms with van der Waals surface area (Å²) < 4.78 is 5.37. The molecule has 1 rings (SSSR count). The molecule has 0 bridgehead atoms. The number of carbonyl (C=O) groups excluding carboxylic acids is 2. The van der Waals surface area contributed by atoms with Crippen LogP contribution in [0.25, 0.3) is 0 Å². The molecule has 3 N–H and O–H groups in total. The first-order valence-corrected chi connectivity index (χ1v) is 6.58. The molecular formula is C14H20N4O3. The van der Waals surface area contributed by atoms with Gasteiger partial charge in [0.25, 0.3) is 0 Å². The summed E-state index contributed by atoms with van der Waals surface area (Å²) in [7, 11) is 0. The predicted molar refractivity (Wildman–Crippen MR) is 77.4 cm³/mol. The van der Waals surface area contributed by atoms with Gasteiger partial charge >= 0.3 is 0 Å². The summed E-state index contributed by atoms with van der Waals surface area (Å²) in [5.74, 6) is -0.144. The second-order valence-electron chi connectivity index (χ2n) is 5.11. The van der Waals surface area contributed by atoms with E-state index in [9.17, 15) is 9.59 Å². The highest BCUT2D eigenvalue weighted by Gasteiger charge is 2.20. The third kappa shape index (κ3) is 4.33. The van der Waals surface area contributed by atoms with Crippen LogP contribution in [-0.2, 0) is 9.59 Å². The van der Waals surface area contributed by atoms with Gasteiger partial charge in [0.05, 0.1) is 13.1 Å². The van der Waals surface area contributed by atoms with Crippen molar-refractivity contribution in [3.8, 4) is 6.07 Å². The molecule has 7 nitrogen and oxygen atoms in total. The number of anilines is 1. The third-order valence-electron chi connectivity index (χ3n) is 3.19. The molecule has 0 fully saturated rings. The Bertz CT molecular complexity index is 584. The van der Waals surface area contributed by atoms with Crippen molar-refractivity contribution in [3.05, 3.63) is 16.9 Å². The van der Waals surface area contributed by atoms with Crippen LogP contribution in [0.2, 0.25) is 0 Å². The fourth-order valence-corrected chi connectivity index (χ4v) is 1.82. The second-order valence-corrected chi connectivity index (χ2v) is 5.11. The fraction of sp³-hybridized carbons (Fsp3) is 0.500. The molecule has 0 aliphatic carbocycles.